The van der Waals surface area contributed by atoms with E-state index in [0.29, 0.717) is 6.61 Å². The fraction of sp³-hybridized carbons (Fsp3) is 0.957. The maximum Gasteiger partial charge on any atom is 0.312 e. The van der Waals surface area contributed by atoms with Crippen LogP contribution in [0.4, 0.5) is 0 Å². The molecular weight excluding hydrogens is 324 g/mol. The second kappa shape index (κ2) is 8.20. The minimum Gasteiger partial charge on any atom is -0.462 e. The van der Waals surface area contributed by atoms with Gasteiger partial charge in [0.2, 0.25) is 0 Å². The maximum absolute atomic E-state index is 13.1. The quantitative estimate of drug-likeness (QED) is 0.492. The van der Waals surface area contributed by atoms with Gasteiger partial charge in [-0.25, -0.2) is 0 Å². The molecule has 3 nitrogen and oxygen atoms in total. The largest absolute Gasteiger partial charge is 0.462 e. The van der Waals surface area contributed by atoms with E-state index in [1.54, 1.807) is 0 Å². The first-order valence-corrected chi connectivity index (χ1v) is 10.0. The van der Waals surface area contributed by atoms with Crippen molar-refractivity contribution >= 4 is 5.97 Å². The van der Waals surface area contributed by atoms with Gasteiger partial charge in [-0.1, -0.05) is 62.3 Å². The zero-order valence-electron chi connectivity index (χ0n) is 19.9. The Balaban J connectivity index is 5.32. The highest BCUT2D eigenvalue weighted by atomic mass is 16.6. The minimum atomic E-state index is -0.542. The third-order valence-corrected chi connectivity index (χ3v) is 4.75. The highest BCUT2D eigenvalue weighted by Gasteiger charge is 2.48. The number of ether oxygens (including phenoxy) is 2. The van der Waals surface area contributed by atoms with Crippen molar-refractivity contribution in [1.29, 1.82) is 0 Å². The minimum absolute atomic E-state index is 0.0494. The molecule has 0 N–H and O–H groups in total. The second-order valence-electron chi connectivity index (χ2n) is 12.5. The van der Waals surface area contributed by atoms with Gasteiger partial charge < -0.3 is 9.47 Å². The fourth-order valence-electron chi connectivity index (χ4n) is 3.35. The van der Waals surface area contributed by atoms with E-state index in [0.717, 1.165) is 12.8 Å². The van der Waals surface area contributed by atoms with Crippen LogP contribution in [0.25, 0.3) is 0 Å². The van der Waals surface area contributed by atoms with Gasteiger partial charge in [0, 0.05) is 0 Å². The van der Waals surface area contributed by atoms with Gasteiger partial charge in [-0.05, 0) is 56.8 Å². The van der Waals surface area contributed by atoms with Gasteiger partial charge in [-0.2, -0.15) is 0 Å². The summed E-state index contributed by atoms with van der Waals surface area (Å²) in [4.78, 5) is 13.1. The van der Waals surface area contributed by atoms with Crippen molar-refractivity contribution in [3.63, 3.8) is 0 Å². The van der Waals surface area contributed by atoms with E-state index in [2.05, 4.69) is 62.3 Å². The summed E-state index contributed by atoms with van der Waals surface area (Å²) in [6.07, 6.45) is 1.54. The first kappa shape index (κ1) is 25.4. The highest BCUT2D eigenvalue weighted by Crippen LogP contribution is 2.47. The van der Waals surface area contributed by atoms with Crippen LogP contribution in [0.5, 0.6) is 0 Å². The molecule has 0 spiro atoms. The molecule has 0 saturated heterocycles. The summed E-state index contributed by atoms with van der Waals surface area (Å²) < 4.78 is 12.1. The summed E-state index contributed by atoms with van der Waals surface area (Å²) in [6.45, 7) is 27.9. The molecule has 0 amide bonds. The topological polar surface area (TPSA) is 35.5 Å². The molecule has 0 radical (unpaired) electrons. The molecule has 0 aliphatic carbocycles. The van der Waals surface area contributed by atoms with Gasteiger partial charge in [0.05, 0.1) is 17.1 Å². The van der Waals surface area contributed by atoms with Gasteiger partial charge in [-0.3, -0.25) is 4.79 Å². The van der Waals surface area contributed by atoms with Crippen LogP contribution in [0.2, 0.25) is 0 Å². The molecule has 0 aromatic carbocycles. The number of rotatable bonds is 6. The highest BCUT2D eigenvalue weighted by molar-refractivity contribution is 5.77. The molecule has 0 fully saturated rings. The average Bonchev–Trinajstić information content (AvgIpc) is 2.27. The SMILES string of the molecule is CC(C)(C)CC(COC(=O)C(C)(CC(C)(C)C)C(C)(C)C)OC(C)(C)C. The van der Waals surface area contributed by atoms with Crippen LogP contribution in [0, 0.1) is 21.7 Å². The lowest BCUT2D eigenvalue weighted by Crippen LogP contribution is -2.45. The smallest absolute Gasteiger partial charge is 0.312 e. The van der Waals surface area contributed by atoms with Crippen molar-refractivity contribution in [3.8, 4) is 0 Å². The Labute approximate surface area is 163 Å². The van der Waals surface area contributed by atoms with E-state index in [-0.39, 0.29) is 33.9 Å². The third-order valence-electron chi connectivity index (χ3n) is 4.75. The van der Waals surface area contributed by atoms with Crippen molar-refractivity contribution in [3.05, 3.63) is 0 Å². The monoisotopic (exact) mass is 370 g/mol. The number of esters is 1. The predicted molar refractivity (Wildman–Crippen MR) is 111 cm³/mol. The summed E-state index contributed by atoms with van der Waals surface area (Å²) in [5.74, 6) is -0.114. The van der Waals surface area contributed by atoms with E-state index in [4.69, 9.17) is 9.47 Å². The first-order chi connectivity index (χ1) is 11.2. The van der Waals surface area contributed by atoms with Crippen molar-refractivity contribution in [1.82, 2.24) is 0 Å². The molecule has 156 valence electrons. The van der Waals surface area contributed by atoms with Gasteiger partial charge in [-0.15, -0.1) is 0 Å². The number of hydrogen-bond donors (Lipinski definition) is 0. The predicted octanol–water partition coefficient (Wildman–Crippen LogP) is 6.64. The standard InChI is InChI=1S/C23H46O3/c1-19(2,3)14-17(26-22(10,11)12)15-25-18(24)23(13,21(7,8)9)16-20(4,5)6/h17H,14-16H2,1-13H3. The summed E-state index contributed by atoms with van der Waals surface area (Å²) in [6, 6.07) is 0. The Morgan fingerprint density at radius 3 is 1.54 bits per heavy atom. The summed E-state index contributed by atoms with van der Waals surface area (Å²) >= 11 is 0. The fourth-order valence-corrected chi connectivity index (χ4v) is 3.35. The van der Waals surface area contributed by atoms with Crippen LogP contribution in [0.3, 0.4) is 0 Å². The molecule has 0 aliphatic heterocycles. The molecule has 0 bridgehead atoms. The Bertz CT molecular complexity index is 436. The molecule has 0 aromatic rings. The molecule has 0 heterocycles. The molecule has 26 heavy (non-hydrogen) atoms. The molecule has 0 aromatic heterocycles. The van der Waals surface area contributed by atoms with Crippen molar-refractivity contribution in [2.45, 2.75) is 115 Å². The first-order valence-electron chi connectivity index (χ1n) is 10.0. The molecule has 0 aliphatic rings. The Hall–Kier alpha value is -0.570. The van der Waals surface area contributed by atoms with Crippen molar-refractivity contribution < 1.29 is 14.3 Å². The Morgan fingerprint density at radius 2 is 1.23 bits per heavy atom. The van der Waals surface area contributed by atoms with Crippen LogP contribution >= 0.6 is 0 Å². The molecular formula is C23H46O3. The zero-order valence-corrected chi connectivity index (χ0v) is 19.9. The normalized spacial score (nSPS) is 17.6. The van der Waals surface area contributed by atoms with E-state index in [1.165, 1.54) is 0 Å². The van der Waals surface area contributed by atoms with Gasteiger partial charge in [0.25, 0.3) is 0 Å². The zero-order chi connectivity index (χ0) is 21.2. The number of carbonyl (C=O) groups excluding carboxylic acids is 1. The lowest BCUT2D eigenvalue weighted by Gasteiger charge is -2.43. The molecule has 0 saturated carbocycles. The van der Waals surface area contributed by atoms with E-state index >= 15 is 0 Å². The van der Waals surface area contributed by atoms with Crippen LogP contribution in [-0.4, -0.2) is 24.3 Å². The second-order valence-corrected chi connectivity index (χ2v) is 12.5. The van der Waals surface area contributed by atoms with Gasteiger partial charge in [0.1, 0.15) is 6.61 Å². The Kier molecular flexibility index (Phi) is 8.02. The molecule has 0 rings (SSSR count). The average molecular weight is 371 g/mol. The van der Waals surface area contributed by atoms with Crippen LogP contribution in [0.15, 0.2) is 0 Å². The third kappa shape index (κ3) is 9.39. The Morgan fingerprint density at radius 1 is 0.769 bits per heavy atom. The van der Waals surface area contributed by atoms with Gasteiger partial charge >= 0.3 is 5.97 Å². The lowest BCUT2D eigenvalue weighted by atomic mass is 9.61. The molecule has 3 heteroatoms. The van der Waals surface area contributed by atoms with E-state index in [1.807, 2.05) is 27.7 Å². The van der Waals surface area contributed by atoms with E-state index < -0.39 is 5.41 Å². The number of hydrogen-bond acceptors (Lipinski definition) is 3. The molecule has 2 atom stereocenters. The summed E-state index contributed by atoms with van der Waals surface area (Å²) in [5.41, 5.74) is -0.822. The van der Waals surface area contributed by atoms with Gasteiger partial charge in [0.15, 0.2) is 0 Å². The maximum atomic E-state index is 13.1. The van der Waals surface area contributed by atoms with Crippen LogP contribution in [0.1, 0.15) is 103 Å². The van der Waals surface area contributed by atoms with Crippen LogP contribution < -0.4 is 0 Å². The summed E-state index contributed by atoms with van der Waals surface area (Å²) in [5, 5.41) is 0. The van der Waals surface area contributed by atoms with Crippen molar-refractivity contribution in [2.75, 3.05) is 6.61 Å². The number of carbonyl (C=O) groups is 1. The van der Waals surface area contributed by atoms with Crippen molar-refractivity contribution in [2.24, 2.45) is 21.7 Å². The molecule has 2 unspecified atom stereocenters. The van der Waals surface area contributed by atoms with Crippen LogP contribution in [-0.2, 0) is 14.3 Å². The summed E-state index contributed by atoms with van der Waals surface area (Å²) in [7, 11) is 0. The lowest BCUT2D eigenvalue weighted by molar-refractivity contribution is -0.174. The van der Waals surface area contributed by atoms with E-state index in [9.17, 15) is 4.79 Å².